The van der Waals surface area contributed by atoms with Gasteiger partial charge in [-0.25, -0.2) is 0 Å². The van der Waals surface area contributed by atoms with Gasteiger partial charge < -0.3 is 4.98 Å². The van der Waals surface area contributed by atoms with E-state index in [9.17, 15) is 0 Å². The second-order valence-electron chi connectivity index (χ2n) is 3.80. The highest BCUT2D eigenvalue weighted by Crippen LogP contribution is 2.21. The number of aromatic amines is 1. The van der Waals surface area contributed by atoms with Crippen molar-refractivity contribution in [3.63, 3.8) is 0 Å². The maximum Gasteiger partial charge on any atom is 0.182 e. The zero-order chi connectivity index (χ0) is 11.8. The summed E-state index contributed by atoms with van der Waals surface area (Å²) in [5, 5.41) is 0. The van der Waals surface area contributed by atoms with Gasteiger partial charge in [0.05, 0.1) is 11.0 Å². The van der Waals surface area contributed by atoms with Crippen molar-refractivity contribution in [3.8, 4) is 5.69 Å². The summed E-state index contributed by atoms with van der Waals surface area (Å²) < 4.78 is 2.72. The van der Waals surface area contributed by atoms with E-state index in [1.807, 2.05) is 53.1 Å². The van der Waals surface area contributed by atoms with Crippen molar-refractivity contribution >= 4 is 35.9 Å². The maximum atomic E-state index is 5.36. The quantitative estimate of drug-likeness (QED) is 0.500. The van der Waals surface area contributed by atoms with Crippen molar-refractivity contribution in [2.24, 2.45) is 0 Å². The summed E-state index contributed by atoms with van der Waals surface area (Å²) in [6.45, 7) is 0. The van der Waals surface area contributed by atoms with E-state index in [1.54, 1.807) is 0 Å². The number of aromatic nitrogens is 2. The molecule has 2 nitrogen and oxygen atoms in total. The number of hydrogen-bond acceptors (Lipinski definition) is 2. The topological polar surface area (TPSA) is 20.7 Å². The van der Waals surface area contributed by atoms with Crippen LogP contribution in [0.1, 0.15) is 0 Å². The molecule has 1 aromatic heterocycles. The molecule has 0 saturated carbocycles. The minimum atomic E-state index is 0.699. The van der Waals surface area contributed by atoms with Crippen LogP contribution in [0.25, 0.3) is 16.7 Å². The van der Waals surface area contributed by atoms with Gasteiger partial charge in [0.2, 0.25) is 0 Å². The van der Waals surface area contributed by atoms with Crippen molar-refractivity contribution in [2.45, 2.75) is 4.90 Å². The molecule has 0 unspecified atom stereocenters. The molecule has 3 rings (SSSR count). The summed E-state index contributed by atoms with van der Waals surface area (Å²) in [7, 11) is 0. The molecule has 0 saturated heterocycles. The molecule has 0 aliphatic carbocycles. The normalized spacial score (nSPS) is 10.9. The predicted octanol–water partition coefficient (Wildman–Crippen LogP) is 3.98. The second-order valence-corrected chi connectivity index (χ2v) is 4.71. The summed E-state index contributed by atoms with van der Waals surface area (Å²) in [6, 6.07) is 16.0. The SMILES string of the molecule is S=c1[nH]c2cc(S)ccc2n1-c1ccccc1. The highest BCUT2D eigenvalue weighted by Gasteiger charge is 2.05. The summed E-state index contributed by atoms with van der Waals surface area (Å²) in [4.78, 5) is 4.12. The molecule has 17 heavy (non-hydrogen) atoms. The average Bonchev–Trinajstić information content (AvgIpc) is 2.65. The van der Waals surface area contributed by atoms with Gasteiger partial charge in [-0.15, -0.1) is 12.6 Å². The van der Waals surface area contributed by atoms with Gasteiger partial charge in [0.15, 0.2) is 4.77 Å². The highest BCUT2D eigenvalue weighted by molar-refractivity contribution is 7.80. The third-order valence-electron chi connectivity index (χ3n) is 2.68. The molecule has 2 aromatic carbocycles. The molecule has 0 atom stereocenters. The second kappa shape index (κ2) is 4.05. The number of imidazole rings is 1. The third kappa shape index (κ3) is 1.79. The number of nitrogens with zero attached hydrogens (tertiary/aromatic N) is 1. The summed E-state index contributed by atoms with van der Waals surface area (Å²) in [5.74, 6) is 0. The summed E-state index contributed by atoms with van der Waals surface area (Å²) in [5.41, 5.74) is 3.14. The molecule has 4 heteroatoms. The van der Waals surface area contributed by atoms with Gasteiger partial charge >= 0.3 is 0 Å². The van der Waals surface area contributed by atoms with Crippen molar-refractivity contribution in [1.82, 2.24) is 9.55 Å². The van der Waals surface area contributed by atoms with Gasteiger partial charge in [-0.2, -0.15) is 0 Å². The molecule has 1 N–H and O–H groups in total. The number of thiol groups is 1. The molecule has 0 radical (unpaired) electrons. The Balaban J connectivity index is 2.37. The largest absolute Gasteiger partial charge is 0.330 e. The van der Waals surface area contributed by atoms with E-state index in [4.69, 9.17) is 12.2 Å². The molecule has 3 aromatic rings. The first kappa shape index (κ1) is 10.6. The molecule has 0 bridgehead atoms. The monoisotopic (exact) mass is 258 g/mol. The van der Waals surface area contributed by atoms with Crippen LogP contribution < -0.4 is 0 Å². The number of H-pyrrole nitrogens is 1. The van der Waals surface area contributed by atoms with Crippen molar-refractivity contribution in [2.75, 3.05) is 0 Å². The molecule has 0 fully saturated rings. The Hall–Kier alpha value is -1.52. The van der Waals surface area contributed by atoms with E-state index in [1.165, 1.54) is 0 Å². The standard InChI is InChI=1S/C13H10N2S2/c16-10-6-7-12-11(8-10)14-13(17)15(12)9-4-2-1-3-5-9/h1-8,16H,(H,14,17). The molecule has 0 spiro atoms. The maximum absolute atomic E-state index is 5.36. The Kier molecular flexibility index (Phi) is 2.53. The van der Waals surface area contributed by atoms with Gasteiger partial charge in [-0.3, -0.25) is 4.57 Å². The van der Waals surface area contributed by atoms with Crippen LogP contribution in [0.5, 0.6) is 0 Å². The molecule has 0 aliphatic rings. The van der Waals surface area contributed by atoms with Gasteiger partial charge in [0.1, 0.15) is 0 Å². The highest BCUT2D eigenvalue weighted by atomic mass is 32.1. The van der Waals surface area contributed by atoms with Crippen LogP contribution in [0.2, 0.25) is 0 Å². The van der Waals surface area contributed by atoms with E-state index in [-0.39, 0.29) is 0 Å². The van der Waals surface area contributed by atoms with E-state index >= 15 is 0 Å². The lowest BCUT2D eigenvalue weighted by Crippen LogP contribution is -1.92. The van der Waals surface area contributed by atoms with Crippen LogP contribution >= 0.6 is 24.8 Å². The van der Waals surface area contributed by atoms with E-state index in [0.29, 0.717) is 4.77 Å². The Morgan fingerprint density at radius 1 is 1.06 bits per heavy atom. The lowest BCUT2D eigenvalue weighted by atomic mass is 10.3. The van der Waals surface area contributed by atoms with Crippen LogP contribution in [0.15, 0.2) is 53.4 Å². The zero-order valence-electron chi connectivity index (χ0n) is 8.92. The Morgan fingerprint density at radius 2 is 1.82 bits per heavy atom. The molecular formula is C13H10N2S2. The van der Waals surface area contributed by atoms with Gasteiger partial charge in [0.25, 0.3) is 0 Å². The van der Waals surface area contributed by atoms with Crippen molar-refractivity contribution in [1.29, 1.82) is 0 Å². The number of nitrogens with one attached hydrogen (secondary N) is 1. The van der Waals surface area contributed by atoms with Crippen LogP contribution in [0.4, 0.5) is 0 Å². The minimum Gasteiger partial charge on any atom is -0.330 e. The first-order chi connectivity index (χ1) is 8.25. The van der Waals surface area contributed by atoms with Crippen LogP contribution in [0, 0.1) is 4.77 Å². The third-order valence-corrected chi connectivity index (χ3v) is 3.24. The van der Waals surface area contributed by atoms with E-state index in [0.717, 1.165) is 21.6 Å². The van der Waals surface area contributed by atoms with Crippen LogP contribution in [-0.2, 0) is 0 Å². The van der Waals surface area contributed by atoms with Crippen molar-refractivity contribution < 1.29 is 0 Å². The molecule has 1 heterocycles. The lowest BCUT2D eigenvalue weighted by Gasteiger charge is -2.03. The number of benzene rings is 2. The number of para-hydroxylation sites is 1. The Morgan fingerprint density at radius 3 is 2.59 bits per heavy atom. The fraction of sp³-hybridized carbons (Fsp3) is 0. The van der Waals surface area contributed by atoms with Gasteiger partial charge in [0, 0.05) is 10.6 Å². The van der Waals surface area contributed by atoms with Crippen LogP contribution in [-0.4, -0.2) is 9.55 Å². The zero-order valence-corrected chi connectivity index (χ0v) is 10.6. The Labute approximate surface area is 109 Å². The average molecular weight is 258 g/mol. The summed E-state index contributed by atoms with van der Waals surface area (Å²) >= 11 is 9.69. The van der Waals surface area contributed by atoms with Gasteiger partial charge in [-0.1, -0.05) is 18.2 Å². The molecule has 84 valence electrons. The number of hydrogen-bond donors (Lipinski definition) is 2. The van der Waals surface area contributed by atoms with Crippen LogP contribution in [0.3, 0.4) is 0 Å². The first-order valence-corrected chi connectivity index (χ1v) is 6.10. The predicted molar refractivity (Wildman–Crippen MR) is 75.7 cm³/mol. The number of rotatable bonds is 1. The fourth-order valence-corrected chi connectivity index (χ4v) is 2.45. The molecule has 0 amide bonds. The van der Waals surface area contributed by atoms with E-state index in [2.05, 4.69) is 17.6 Å². The molecule has 0 aliphatic heterocycles. The minimum absolute atomic E-state index is 0.699. The Bertz CT molecular complexity index is 726. The first-order valence-electron chi connectivity index (χ1n) is 5.25. The smallest absolute Gasteiger partial charge is 0.182 e. The summed E-state index contributed by atoms with van der Waals surface area (Å²) in [6.07, 6.45) is 0. The van der Waals surface area contributed by atoms with Gasteiger partial charge in [-0.05, 0) is 42.5 Å². The number of fused-ring (bicyclic) bond motifs is 1. The fourth-order valence-electron chi connectivity index (χ4n) is 1.93. The molecular weight excluding hydrogens is 248 g/mol. The van der Waals surface area contributed by atoms with E-state index < -0.39 is 0 Å². The van der Waals surface area contributed by atoms with Crippen molar-refractivity contribution in [3.05, 3.63) is 53.3 Å². The lowest BCUT2D eigenvalue weighted by molar-refractivity contribution is 1.06.